The molecule has 4 unspecified atom stereocenters. The molecule has 0 N–H and O–H groups in total. The summed E-state index contributed by atoms with van der Waals surface area (Å²) in [7, 11) is 0. The zero-order chi connectivity index (χ0) is 42.8. The smallest absolute Gasteiger partial charge is 0.141 e. The number of aromatic nitrogens is 2. The summed E-state index contributed by atoms with van der Waals surface area (Å²) in [6.45, 7) is 0. The highest BCUT2D eigenvalue weighted by molar-refractivity contribution is 6.08. The summed E-state index contributed by atoms with van der Waals surface area (Å²) in [5.74, 6) is 1.25. The maximum absolute atomic E-state index is 4.89. The number of rotatable bonds is 6. The average Bonchev–Trinajstić information content (AvgIpc) is 3.71. The Morgan fingerprint density at radius 3 is 2.08 bits per heavy atom. The molecule has 0 amide bonds. The number of hydrogen-bond donors (Lipinski definition) is 0. The molecule has 13 rings (SSSR count). The maximum Gasteiger partial charge on any atom is 0.141 e. The summed E-state index contributed by atoms with van der Waals surface area (Å²) in [5.41, 5.74) is 17.1. The molecule has 9 aromatic rings. The van der Waals surface area contributed by atoms with E-state index in [4.69, 9.17) is 4.98 Å². The van der Waals surface area contributed by atoms with E-state index < -0.39 is 0 Å². The van der Waals surface area contributed by atoms with Crippen molar-refractivity contribution < 1.29 is 0 Å². The topological polar surface area (TPSA) is 17.8 Å². The van der Waals surface area contributed by atoms with E-state index in [-0.39, 0.29) is 0 Å². The van der Waals surface area contributed by atoms with Crippen LogP contribution in [0.5, 0.6) is 0 Å². The highest BCUT2D eigenvalue weighted by Crippen LogP contribution is 2.57. The van der Waals surface area contributed by atoms with Crippen molar-refractivity contribution in [1.29, 1.82) is 0 Å². The fourth-order valence-electron chi connectivity index (χ4n) is 12.1. The molecular formula is C63H50N2. The minimum absolute atomic E-state index is 0.349. The molecule has 312 valence electrons. The molecule has 4 aliphatic carbocycles. The number of allylic oxidation sites excluding steroid dienone is 10. The van der Waals surface area contributed by atoms with Gasteiger partial charge in [-0.05, 0) is 175 Å². The van der Waals surface area contributed by atoms with E-state index in [0.717, 1.165) is 24.9 Å². The maximum atomic E-state index is 4.89. The van der Waals surface area contributed by atoms with Gasteiger partial charge < -0.3 is 4.57 Å². The second-order valence-corrected chi connectivity index (χ2v) is 18.8. The molecule has 0 spiro atoms. The first-order valence-electron chi connectivity index (χ1n) is 23.8. The number of nitrogens with zero attached hydrogens (tertiary/aromatic N) is 2. The van der Waals surface area contributed by atoms with E-state index in [1.807, 2.05) is 6.20 Å². The molecule has 2 heteroatoms. The Morgan fingerprint density at radius 2 is 1.26 bits per heavy atom. The molecule has 0 aliphatic heterocycles. The van der Waals surface area contributed by atoms with Crippen LogP contribution in [0.25, 0.3) is 76.9 Å². The molecule has 0 radical (unpaired) electrons. The Hall–Kier alpha value is -7.29. The van der Waals surface area contributed by atoms with Gasteiger partial charge >= 0.3 is 0 Å². The monoisotopic (exact) mass is 834 g/mol. The van der Waals surface area contributed by atoms with Gasteiger partial charge in [-0.25, -0.2) is 4.98 Å². The van der Waals surface area contributed by atoms with Gasteiger partial charge in [0.1, 0.15) is 5.65 Å². The third kappa shape index (κ3) is 6.57. The van der Waals surface area contributed by atoms with Crippen LogP contribution in [0.2, 0.25) is 0 Å². The van der Waals surface area contributed by atoms with Crippen LogP contribution in [0.1, 0.15) is 67.2 Å². The fourth-order valence-corrected chi connectivity index (χ4v) is 12.1. The van der Waals surface area contributed by atoms with Crippen LogP contribution in [0.3, 0.4) is 0 Å². The van der Waals surface area contributed by atoms with Gasteiger partial charge in [0.05, 0.1) is 11.6 Å². The van der Waals surface area contributed by atoms with Crippen LogP contribution >= 0.6 is 0 Å². The molecule has 2 aromatic heterocycles. The predicted molar refractivity (Wildman–Crippen MR) is 274 cm³/mol. The van der Waals surface area contributed by atoms with E-state index in [0.29, 0.717) is 23.8 Å². The summed E-state index contributed by atoms with van der Waals surface area (Å²) in [5, 5.41) is 7.73. The van der Waals surface area contributed by atoms with E-state index in [2.05, 4.69) is 205 Å². The highest BCUT2D eigenvalue weighted by Gasteiger charge is 2.42. The van der Waals surface area contributed by atoms with Crippen LogP contribution in [0, 0.1) is 11.8 Å². The van der Waals surface area contributed by atoms with Crippen molar-refractivity contribution in [1.82, 2.24) is 9.55 Å². The third-order valence-corrected chi connectivity index (χ3v) is 15.2. The highest BCUT2D eigenvalue weighted by atomic mass is 15.1. The molecule has 2 nitrogen and oxygen atoms in total. The summed E-state index contributed by atoms with van der Waals surface area (Å²) in [4.78, 5) is 4.89. The lowest BCUT2D eigenvalue weighted by atomic mass is 9.58. The van der Waals surface area contributed by atoms with Crippen molar-refractivity contribution in [2.45, 2.75) is 50.5 Å². The van der Waals surface area contributed by atoms with Crippen LogP contribution < -0.4 is 0 Å². The Labute approximate surface area is 381 Å². The molecule has 0 bridgehead atoms. The van der Waals surface area contributed by atoms with Gasteiger partial charge in [0, 0.05) is 17.0 Å². The van der Waals surface area contributed by atoms with Crippen LogP contribution in [0.15, 0.2) is 218 Å². The zero-order valence-electron chi connectivity index (χ0n) is 36.6. The molecule has 7 aromatic carbocycles. The predicted octanol–water partition coefficient (Wildman–Crippen LogP) is 16.7. The second-order valence-electron chi connectivity index (χ2n) is 18.8. The minimum atomic E-state index is 0.349. The van der Waals surface area contributed by atoms with E-state index in [1.54, 1.807) is 0 Å². The van der Waals surface area contributed by atoms with Crippen molar-refractivity contribution in [2.24, 2.45) is 11.8 Å². The van der Waals surface area contributed by atoms with E-state index >= 15 is 0 Å². The fraction of sp³-hybridized carbons (Fsp3) is 0.159. The summed E-state index contributed by atoms with van der Waals surface area (Å²) in [6.07, 6.45) is 23.5. The van der Waals surface area contributed by atoms with Crippen LogP contribution in [-0.4, -0.2) is 9.55 Å². The molecular weight excluding hydrogens is 785 g/mol. The van der Waals surface area contributed by atoms with Crippen LogP contribution in [-0.2, 0) is 0 Å². The van der Waals surface area contributed by atoms with Crippen LogP contribution in [0.4, 0.5) is 0 Å². The molecule has 4 atom stereocenters. The molecule has 4 aliphatic rings. The lowest BCUT2D eigenvalue weighted by Gasteiger charge is -2.45. The van der Waals surface area contributed by atoms with Gasteiger partial charge in [0.2, 0.25) is 0 Å². The Morgan fingerprint density at radius 1 is 0.523 bits per heavy atom. The first-order chi connectivity index (χ1) is 32.2. The van der Waals surface area contributed by atoms with Gasteiger partial charge in [0.15, 0.2) is 0 Å². The molecule has 0 saturated heterocycles. The first-order valence-corrected chi connectivity index (χ1v) is 23.8. The molecule has 0 fully saturated rings. The van der Waals surface area contributed by atoms with Gasteiger partial charge in [-0.15, -0.1) is 0 Å². The standard InChI is InChI=1S/C63H50N2/c1-2-18-53(19-3-1)65-60-34-32-49(39-58(60)57-22-11-35-64-63(57)65)44-25-23-43(24-26-44)47-16-10-17-48(36-47)50-31-33-56-59(40-50)62(52-30-28-42-13-5-7-15-46(42)38-52)55-21-9-8-20-54(55)61(56)51-29-27-41-12-4-6-14-45(41)37-51/h2,4-7,9-18,21-32,34-40,53-54,56,61H,1,3,8,19-20,33H2. The number of hydrogen-bond acceptors (Lipinski definition) is 1. The van der Waals surface area contributed by atoms with Crippen molar-refractivity contribution in [3.05, 3.63) is 234 Å². The number of fused-ring (bicyclic) bond motifs is 7. The van der Waals surface area contributed by atoms with Gasteiger partial charge in [-0.1, -0.05) is 164 Å². The largest absolute Gasteiger partial charge is 0.318 e. The third-order valence-electron chi connectivity index (χ3n) is 15.2. The normalized spacial score (nSPS) is 20.6. The van der Waals surface area contributed by atoms with E-state index in [9.17, 15) is 0 Å². The Balaban J connectivity index is 0.869. The van der Waals surface area contributed by atoms with Gasteiger partial charge in [-0.2, -0.15) is 0 Å². The number of pyridine rings is 1. The second kappa shape index (κ2) is 15.8. The zero-order valence-corrected chi connectivity index (χ0v) is 36.6. The van der Waals surface area contributed by atoms with Crippen molar-refractivity contribution in [2.75, 3.05) is 0 Å². The van der Waals surface area contributed by atoms with Gasteiger partial charge in [0.25, 0.3) is 0 Å². The Bertz CT molecular complexity index is 3510. The molecule has 0 saturated carbocycles. The molecule has 65 heavy (non-hydrogen) atoms. The lowest BCUT2D eigenvalue weighted by Crippen LogP contribution is -2.32. The van der Waals surface area contributed by atoms with Crippen molar-refractivity contribution >= 4 is 54.6 Å². The summed E-state index contributed by atoms with van der Waals surface area (Å²) < 4.78 is 2.46. The quantitative estimate of drug-likeness (QED) is 0.153. The molecule has 2 heterocycles. The summed E-state index contributed by atoms with van der Waals surface area (Å²) >= 11 is 0. The first kappa shape index (κ1) is 38.2. The van der Waals surface area contributed by atoms with Gasteiger partial charge in [-0.3, -0.25) is 0 Å². The number of benzene rings is 7. The van der Waals surface area contributed by atoms with Crippen molar-refractivity contribution in [3.8, 4) is 22.3 Å². The van der Waals surface area contributed by atoms with Crippen molar-refractivity contribution in [3.63, 3.8) is 0 Å². The average molecular weight is 835 g/mol. The van der Waals surface area contributed by atoms with E-state index in [1.165, 1.54) is 118 Å². The lowest BCUT2D eigenvalue weighted by molar-refractivity contribution is 0.353. The summed E-state index contributed by atoms with van der Waals surface area (Å²) in [6, 6.07) is 62.1. The Kier molecular flexibility index (Phi) is 9.25. The minimum Gasteiger partial charge on any atom is -0.318 e. The SMILES string of the molecule is C1=CC(n2c3ccc(-c4ccc(-c5cccc(C6=CCC7C(=C6)C(c6ccc8ccccc8c6)=C6C=CCCC6C7c6ccc7ccccc7c6)c5)cc4)cc3c3cccnc32)CCC1.